The van der Waals surface area contributed by atoms with Crippen molar-refractivity contribution in [3.05, 3.63) is 95.6 Å². The number of aromatic hydroxyl groups is 1. The monoisotopic (exact) mass is 524 g/mol. The number of phenols is 1. The fourth-order valence-electron chi connectivity index (χ4n) is 3.99. The van der Waals surface area contributed by atoms with Crippen LogP contribution in [0.1, 0.15) is 41.8 Å². The molecule has 0 fully saturated rings. The summed E-state index contributed by atoms with van der Waals surface area (Å²) in [6.45, 7) is 5.90. The number of benzene rings is 3. The Morgan fingerprint density at radius 2 is 1.65 bits per heavy atom. The number of hydrogen-bond acceptors (Lipinski definition) is 5. The van der Waals surface area contributed by atoms with Crippen molar-refractivity contribution in [1.29, 1.82) is 0 Å². The van der Waals surface area contributed by atoms with E-state index in [1.807, 2.05) is 51.1 Å². The van der Waals surface area contributed by atoms with E-state index in [9.17, 15) is 23.4 Å². The molecule has 8 heteroatoms. The van der Waals surface area contributed by atoms with Crippen molar-refractivity contribution >= 4 is 15.9 Å². The van der Waals surface area contributed by atoms with Gasteiger partial charge in [0.2, 0.25) is 10.0 Å². The lowest BCUT2D eigenvalue weighted by Gasteiger charge is -2.31. The SMILES string of the molecule is CC[C@H](C)CN(C[C@@H](O)[C@H](Cc1ccccc1)NC(=O)c1cccc(O)c1)S(=O)(=O)c1ccc(C)cc1. The molecular formula is C29H36N2O5S. The number of aliphatic hydroxyl groups excluding tert-OH is 1. The minimum atomic E-state index is -3.88. The molecule has 3 aromatic rings. The minimum Gasteiger partial charge on any atom is -0.508 e. The second kappa shape index (κ2) is 12.9. The first-order chi connectivity index (χ1) is 17.6. The van der Waals surface area contributed by atoms with Gasteiger partial charge in [-0.2, -0.15) is 4.31 Å². The van der Waals surface area contributed by atoms with E-state index in [4.69, 9.17) is 0 Å². The van der Waals surface area contributed by atoms with E-state index < -0.39 is 28.1 Å². The Morgan fingerprint density at radius 3 is 2.27 bits per heavy atom. The van der Waals surface area contributed by atoms with Gasteiger partial charge in [0.15, 0.2) is 0 Å². The number of aliphatic hydroxyl groups is 1. The molecule has 0 spiro atoms. The van der Waals surface area contributed by atoms with Gasteiger partial charge in [0.1, 0.15) is 5.75 Å². The molecule has 0 aliphatic carbocycles. The van der Waals surface area contributed by atoms with E-state index in [0.29, 0.717) is 6.42 Å². The number of amides is 1. The number of phenolic OH excluding ortho intramolecular Hbond substituents is 1. The molecule has 0 aliphatic rings. The van der Waals surface area contributed by atoms with Crippen LogP contribution in [0.25, 0.3) is 0 Å². The number of nitrogens with zero attached hydrogens (tertiary/aromatic N) is 1. The summed E-state index contributed by atoms with van der Waals surface area (Å²) in [4.78, 5) is 13.2. The molecule has 0 heterocycles. The van der Waals surface area contributed by atoms with Crippen LogP contribution in [-0.2, 0) is 16.4 Å². The van der Waals surface area contributed by atoms with Crippen molar-refractivity contribution in [1.82, 2.24) is 9.62 Å². The predicted molar refractivity (Wildman–Crippen MR) is 145 cm³/mol. The smallest absolute Gasteiger partial charge is 0.251 e. The third kappa shape index (κ3) is 7.89. The highest BCUT2D eigenvalue weighted by molar-refractivity contribution is 7.89. The fraction of sp³-hybridized carbons (Fsp3) is 0.345. The maximum Gasteiger partial charge on any atom is 0.251 e. The fourth-order valence-corrected chi connectivity index (χ4v) is 5.57. The van der Waals surface area contributed by atoms with Gasteiger partial charge >= 0.3 is 0 Å². The van der Waals surface area contributed by atoms with Crippen LogP contribution in [0.5, 0.6) is 5.75 Å². The van der Waals surface area contributed by atoms with E-state index in [-0.39, 0.29) is 35.2 Å². The Bertz CT molecular complexity index is 1260. The van der Waals surface area contributed by atoms with Crippen molar-refractivity contribution in [3.8, 4) is 5.75 Å². The van der Waals surface area contributed by atoms with Gasteiger partial charge in [0, 0.05) is 18.7 Å². The van der Waals surface area contributed by atoms with Gasteiger partial charge < -0.3 is 15.5 Å². The molecule has 0 unspecified atom stereocenters. The maximum absolute atomic E-state index is 13.6. The van der Waals surface area contributed by atoms with Gasteiger partial charge in [-0.3, -0.25) is 4.79 Å². The normalized spacial score (nSPS) is 14.2. The molecule has 3 rings (SSSR count). The molecule has 7 nitrogen and oxygen atoms in total. The molecule has 0 aliphatic heterocycles. The predicted octanol–water partition coefficient (Wildman–Crippen LogP) is 4.14. The third-order valence-electron chi connectivity index (χ3n) is 6.45. The Balaban J connectivity index is 1.90. The zero-order valence-electron chi connectivity index (χ0n) is 21.5. The van der Waals surface area contributed by atoms with E-state index in [2.05, 4.69) is 5.32 Å². The maximum atomic E-state index is 13.6. The molecule has 3 atom stereocenters. The molecule has 37 heavy (non-hydrogen) atoms. The first-order valence-electron chi connectivity index (χ1n) is 12.5. The summed E-state index contributed by atoms with van der Waals surface area (Å²) in [5.74, 6) is -0.440. The summed E-state index contributed by atoms with van der Waals surface area (Å²) in [6, 6.07) is 21.2. The largest absolute Gasteiger partial charge is 0.508 e. The minimum absolute atomic E-state index is 0.0447. The summed E-state index contributed by atoms with van der Waals surface area (Å²) in [5.41, 5.74) is 2.08. The van der Waals surface area contributed by atoms with Gasteiger partial charge in [0.05, 0.1) is 17.0 Å². The number of sulfonamides is 1. The first kappa shape index (κ1) is 28.4. The number of aryl methyl sites for hydroxylation is 1. The Kier molecular flexibility index (Phi) is 9.86. The summed E-state index contributed by atoms with van der Waals surface area (Å²) in [5, 5.41) is 24.0. The second-order valence-corrected chi connectivity index (χ2v) is 11.5. The van der Waals surface area contributed by atoms with Crippen molar-refractivity contribution in [3.63, 3.8) is 0 Å². The van der Waals surface area contributed by atoms with E-state index in [0.717, 1.165) is 17.5 Å². The quantitative estimate of drug-likeness (QED) is 0.330. The molecule has 0 aromatic heterocycles. The number of rotatable bonds is 12. The average Bonchev–Trinajstić information content (AvgIpc) is 2.88. The number of nitrogens with one attached hydrogen (secondary N) is 1. The first-order valence-corrected chi connectivity index (χ1v) is 13.9. The van der Waals surface area contributed by atoms with E-state index >= 15 is 0 Å². The second-order valence-electron chi connectivity index (χ2n) is 9.54. The van der Waals surface area contributed by atoms with Crippen LogP contribution >= 0.6 is 0 Å². The highest BCUT2D eigenvalue weighted by Gasteiger charge is 2.31. The van der Waals surface area contributed by atoms with Crippen molar-refractivity contribution in [2.75, 3.05) is 13.1 Å². The standard InChI is InChI=1S/C29H36N2O5S/c1-4-21(2)19-31(37(35,36)26-15-13-22(3)14-16-26)20-28(33)27(17-23-9-6-5-7-10-23)30-29(34)24-11-8-12-25(32)18-24/h5-16,18,21,27-28,32-33H,4,17,19-20H2,1-3H3,(H,30,34)/t21-,27-,28+/m0/s1. The molecule has 0 radical (unpaired) electrons. The molecule has 3 N–H and O–H groups in total. The molecule has 198 valence electrons. The van der Waals surface area contributed by atoms with Crippen molar-refractivity contribution < 1.29 is 23.4 Å². The molecule has 0 saturated heterocycles. The average molecular weight is 525 g/mol. The molecule has 0 bridgehead atoms. The van der Waals surface area contributed by atoms with Gasteiger partial charge in [-0.1, -0.05) is 74.4 Å². The van der Waals surface area contributed by atoms with Crippen LogP contribution in [0.3, 0.4) is 0 Å². The zero-order valence-corrected chi connectivity index (χ0v) is 22.4. The van der Waals surface area contributed by atoms with Crippen LogP contribution in [0, 0.1) is 12.8 Å². The van der Waals surface area contributed by atoms with Crippen LogP contribution in [0.2, 0.25) is 0 Å². The number of carbonyl (C=O) groups excluding carboxylic acids is 1. The van der Waals surface area contributed by atoms with Gasteiger partial charge in [-0.25, -0.2) is 8.42 Å². The van der Waals surface area contributed by atoms with E-state index in [1.54, 1.807) is 36.4 Å². The third-order valence-corrected chi connectivity index (χ3v) is 8.30. The van der Waals surface area contributed by atoms with Crippen molar-refractivity contribution in [2.45, 2.75) is 50.7 Å². The number of hydrogen-bond donors (Lipinski definition) is 3. The molecule has 1 amide bonds. The van der Waals surface area contributed by atoms with Gasteiger partial charge in [-0.05, 0) is 55.2 Å². The number of carbonyl (C=O) groups is 1. The lowest BCUT2D eigenvalue weighted by atomic mass is 10.00. The van der Waals surface area contributed by atoms with Gasteiger partial charge in [0.25, 0.3) is 5.91 Å². The van der Waals surface area contributed by atoms with Crippen LogP contribution < -0.4 is 5.32 Å². The van der Waals surface area contributed by atoms with Crippen LogP contribution in [0.4, 0.5) is 0 Å². The lowest BCUT2D eigenvalue weighted by molar-refractivity contribution is 0.0773. The topological polar surface area (TPSA) is 107 Å². The summed E-state index contributed by atoms with van der Waals surface area (Å²) in [7, 11) is -3.88. The highest BCUT2D eigenvalue weighted by Crippen LogP contribution is 2.21. The van der Waals surface area contributed by atoms with Gasteiger partial charge in [-0.15, -0.1) is 0 Å². The highest BCUT2D eigenvalue weighted by atomic mass is 32.2. The summed E-state index contributed by atoms with van der Waals surface area (Å²) >= 11 is 0. The van der Waals surface area contributed by atoms with E-state index in [1.165, 1.54) is 16.4 Å². The zero-order chi connectivity index (χ0) is 27.0. The van der Waals surface area contributed by atoms with Crippen LogP contribution in [-0.4, -0.2) is 54.1 Å². The summed E-state index contributed by atoms with van der Waals surface area (Å²) < 4.78 is 28.5. The Labute approximate surface area is 219 Å². The molecule has 0 saturated carbocycles. The summed E-state index contributed by atoms with van der Waals surface area (Å²) in [6.07, 6.45) is -0.114. The molecule has 3 aromatic carbocycles. The van der Waals surface area contributed by atoms with Crippen LogP contribution in [0.15, 0.2) is 83.8 Å². The van der Waals surface area contributed by atoms with Crippen molar-refractivity contribution in [2.24, 2.45) is 5.92 Å². The molecular weight excluding hydrogens is 488 g/mol. The lowest BCUT2D eigenvalue weighted by Crippen LogP contribution is -2.51. The Hall–Kier alpha value is -3.20. The Morgan fingerprint density at radius 1 is 0.973 bits per heavy atom.